The number of hydrogen-bond acceptors (Lipinski definition) is 2. The van der Waals surface area contributed by atoms with Crippen LogP contribution >= 0.6 is 15.9 Å². The summed E-state index contributed by atoms with van der Waals surface area (Å²) in [5, 5.41) is 0. The highest BCUT2D eigenvalue weighted by Crippen LogP contribution is 2.30. The van der Waals surface area contributed by atoms with Crippen molar-refractivity contribution >= 4 is 15.9 Å². The van der Waals surface area contributed by atoms with Crippen molar-refractivity contribution in [2.75, 3.05) is 6.61 Å². The zero-order valence-electron chi connectivity index (χ0n) is 6.89. The maximum atomic E-state index is 13.3. The summed E-state index contributed by atoms with van der Waals surface area (Å²) in [5.41, 5.74) is 6.24. The molecule has 0 aromatic heterocycles. The van der Waals surface area contributed by atoms with E-state index < -0.39 is 0 Å². The molecule has 1 aliphatic heterocycles. The van der Waals surface area contributed by atoms with Crippen molar-refractivity contribution in [2.24, 2.45) is 5.73 Å². The summed E-state index contributed by atoms with van der Waals surface area (Å²) in [6.07, 6.45) is 0.550. The zero-order valence-corrected chi connectivity index (χ0v) is 8.47. The number of fused-ring (bicyclic) bond motifs is 1. The highest BCUT2D eigenvalue weighted by atomic mass is 79.9. The maximum absolute atomic E-state index is 13.3. The van der Waals surface area contributed by atoms with Crippen LogP contribution < -0.4 is 10.5 Å². The smallest absolute Gasteiger partial charge is 0.131 e. The van der Waals surface area contributed by atoms with Gasteiger partial charge in [0.2, 0.25) is 0 Å². The van der Waals surface area contributed by atoms with Crippen LogP contribution in [0.15, 0.2) is 16.6 Å². The molecule has 0 bridgehead atoms. The van der Waals surface area contributed by atoms with Crippen molar-refractivity contribution in [2.45, 2.75) is 12.5 Å². The normalized spacial score (nSPS) is 20.7. The lowest BCUT2D eigenvalue weighted by Gasteiger charge is -2.22. The molecule has 0 spiro atoms. The van der Waals surface area contributed by atoms with E-state index in [-0.39, 0.29) is 11.9 Å². The van der Waals surface area contributed by atoms with Crippen molar-refractivity contribution in [1.29, 1.82) is 0 Å². The van der Waals surface area contributed by atoms with Crippen molar-refractivity contribution in [1.82, 2.24) is 0 Å². The third-order valence-corrected chi connectivity index (χ3v) is 2.50. The van der Waals surface area contributed by atoms with Gasteiger partial charge in [-0.05, 0) is 18.6 Å². The first-order valence-electron chi connectivity index (χ1n) is 4.03. The van der Waals surface area contributed by atoms with Gasteiger partial charge in [-0.1, -0.05) is 15.9 Å². The van der Waals surface area contributed by atoms with E-state index in [4.69, 9.17) is 10.5 Å². The summed E-state index contributed by atoms with van der Waals surface area (Å²) in [6.45, 7) is 0.461. The minimum Gasteiger partial charge on any atom is -0.492 e. The summed E-state index contributed by atoms with van der Waals surface area (Å²) in [5.74, 6) is 0.355. The molecule has 70 valence electrons. The van der Waals surface area contributed by atoms with Crippen LogP contribution in [-0.4, -0.2) is 12.6 Å². The van der Waals surface area contributed by atoms with Crippen LogP contribution in [0.3, 0.4) is 0 Å². The first-order valence-corrected chi connectivity index (χ1v) is 4.82. The highest BCUT2D eigenvalue weighted by Gasteiger charge is 2.20. The molecule has 0 fully saturated rings. The molecule has 0 saturated carbocycles. The van der Waals surface area contributed by atoms with E-state index in [0.29, 0.717) is 28.8 Å². The molecule has 0 unspecified atom stereocenters. The van der Waals surface area contributed by atoms with E-state index >= 15 is 0 Å². The predicted molar refractivity (Wildman–Crippen MR) is 51.3 cm³/mol. The molecule has 1 aromatic rings. The van der Waals surface area contributed by atoms with Crippen LogP contribution in [0.5, 0.6) is 5.75 Å². The fraction of sp³-hybridized carbons (Fsp3) is 0.333. The lowest BCUT2D eigenvalue weighted by Crippen LogP contribution is -2.34. The molecule has 1 atom stereocenters. The number of hydrogen-bond donors (Lipinski definition) is 1. The molecule has 1 heterocycles. The summed E-state index contributed by atoms with van der Waals surface area (Å²) >= 11 is 3.21. The molecule has 13 heavy (non-hydrogen) atoms. The van der Waals surface area contributed by atoms with E-state index in [1.54, 1.807) is 6.07 Å². The number of ether oxygens (including phenoxy) is 1. The van der Waals surface area contributed by atoms with E-state index in [1.165, 1.54) is 6.07 Å². The third-order valence-electron chi connectivity index (χ3n) is 2.04. The van der Waals surface area contributed by atoms with E-state index in [9.17, 15) is 4.39 Å². The SMILES string of the molecule is N[C@@H]1COc2cc(Br)cc(F)c2C1. The van der Waals surface area contributed by atoms with Gasteiger partial charge in [-0.2, -0.15) is 0 Å². The van der Waals surface area contributed by atoms with Crippen molar-refractivity contribution in [3.63, 3.8) is 0 Å². The average Bonchev–Trinajstić information content (AvgIpc) is 2.06. The van der Waals surface area contributed by atoms with E-state index in [1.807, 2.05) is 0 Å². The topological polar surface area (TPSA) is 35.2 Å². The Labute approximate surface area is 84.0 Å². The van der Waals surface area contributed by atoms with Crippen LogP contribution in [-0.2, 0) is 6.42 Å². The minimum atomic E-state index is -0.250. The van der Waals surface area contributed by atoms with Crippen LogP contribution in [0.1, 0.15) is 5.56 Å². The van der Waals surface area contributed by atoms with Crippen LogP contribution in [0.25, 0.3) is 0 Å². The first-order chi connectivity index (χ1) is 6.16. The number of nitrogens with two attached hydrogens (primary N) is 1. The maximum Gasteiger partial charge on any atom is 0.131 e. The molecule has 0 radical (unpaired) electrons. The van der Waals surface area contributed by atoms with Gasteiger partial charge in [0.15, 0.2) is 0 Å². The molecule has 0 aliphatic carbocycles. The molecule has 2 N–H and O–H groups in total. The van der Waals surface area contributed by atoms with Crippen molar-refractivity contribution in [3.05, 3.63) is 28.0 Å². The first kappa shape index (κ1) is 8.97. The van der Waals surface area contributed by atoms with Gasteiger partial charge in [-0.3, -0.25) is 0 Å². The number of halogens is 2. The summed E-state index contributed by atoms with van der Waals surface area (Å²) in [6, 6.07) is 3.10. The van der Waals surface area contributed by atoms with Crippen molar-refractivity contribution < 1.29 is 9.13 Å². The molecule has 1 aliphatic rings. The predicted octanol–water partition coefficient (Wildman–Crippen LogP) is 1.85. The zero-order chi connectivity index (χ0) is 9.42. The number of rotatable bonds is 0. The second-order valence-electron chi connectivity index (χ2n) is 3.14. The lowest BCUT2D eigenvalue weighted by molar-refractivity contribution is 0.259. The Kier molecular flexibility index (Phi) is 2.26. The van der Waals surface area contributed by atoms with Crippen LogP contribution in [0, 0.1) is 5.82 Å². The van der Waals surface area contributed by atoms with Gasteiger partial charge < -0.3 is 10.5 Å². The molecule has 0 amide bonds. The summed E-state index contributed by atoms with van der Waals surface area (Å²) in [4.78, 5) is 0. The molecular formula is C9H9BrFNO. The molecular weight excluding hydrogens is 237 g/mol. The quantitative estimate of drug-likeness (QED) is 0.758. The number of benzene rings is 1. The minimum absolute atomic E-state index is 0.0943. The largest absolute Gasteiger partial charge is 0.492 e. The Hall–Kier alpha value is -0.610. The van der Waals surface area contributed by atoms with Gasteiger partial charge in [-0.25, -0.2) is 4.39 Å². The molecule has 2 nitrogen and oxygen atoms in total. The summed E-state index contributed by atoms with van der Waals surface area (Å²) in [7, 11) is 0. The average molecular weight is 246 g/mol. The van der Waals surface area contributed by atoms with Gasteiger partial charge in [0, 0.05) is 16.1 Å². The fourth-order valence-electron chi connectivity index (χ4n) is 1.42. The van der Waals surface area contributed by atoms with Gasteiger partial charge in [-0.15, -0.1) is 0 Å². The van der Waals surface area contributed by atoms with Gasteiger partial charge >= 0.3 is 0 Å². The van der Waals surface area contributed by atoms with Crippen LogP contribution in [0.2, 0.25) is 0 Å². The Balaban J connectivity index is 2.47. The molecule has 2 rings (SSSR count). The van der Waals surface area contributed by atoms with Gasteiger partial charge in [0.25, 0.3) is 0 Å². The standard InChI is InChI=1S/C9H9BrFNO/c10-5-1-8(11)7-3-6(12)4-13-9(7)2-5/h1-2,6H,3-4,12H2/t6-/m0/s1. The Morgan fingerprint density at radius 2 is 2.31 bits per heavy atom. The Morgan fingerprint density at radius 3 is 3.08 bits per heavy atom. The monoisotopic (exact) mass is 245 g/mol. The van der Waals surface area contributed by atoms with E-state index in [0.717, 1.165) is 0 Å². The van der Waals surface area contributed by atoms with Gasteiger partial charge in [0.05, 0.1) is 0 Å². The Morgan fingerprint density at radius 1 is 1.54 bits per heavy atom. The molecule has 1 aromatic carbocycles. The van der Waals surface area contributed by atoms with E-state index in [2.05, 4.69) is 15.9 Å². The van der Waals surface area contributed by atoms with Gasteiger partial charge in [0.1, 0.15) is 18.2 Å². The van der Waals surface area contributed by atoms with Crippen LogP contribution in [0.4, 0.5) is 4.39 Å². The Bertz CT molecular complexity index is 343. The van der Waals surface area contributed by atoms with Crippen molar-refractivity contribution in [3.8, 4) is 5.75 Å². The third kappa shape index (κ3) is 1.69. The second kappa shape index (κ2) is 3.27. The fourth-order valence-corrected chi connectivity index (χ4v) is 1.83. The second-order valence-corrected chi connectivity index (χ2v) is 4.06. The highest BCUT2D eigenvalue weighted by molar-refractivity contribution is 9.10. The molecule has 0 saturated heterocycles. The molecule has 4 heteroatoms. The lowest BCUT2D eigenvalue weighted by atomic mass is 10.0. The summed E-state index contributed by atoms with van der Waals surface area (Å²) < 4.78 is 19.3.